The molecule has 1 aromatic carbocycles. The number of likely N-dealkylation sites (tertiary alicyclic amines) is 1. The van der Waals surface area contributed by atoms with Crippen molar-refractivity contribution in [3.63, 3.8) is 0 Å². The van der Waals surface area contributed by atoms with E-state index in [1.54, 1.807) is 6.07 Å². The van der Waals surface area contributed by atoms with Crippen LogP contribution in [0.2, 0.25) is 0 Å². The molecule has 5 heteroatoms. The van der Waals surface area contributed by atoms with E-state index < -0.39 is 5.82 Å². The maximum absolute atomic E-state index is 13.5. The molecule has 1 atom stereocenters. The molecular weight excluding hydrogens is 257 g/mol. The molecule has 0 aromatic heterocycles. The van der Waals surface area contributed by atoms with Gasteiger partial charge in [-0.25, -0.2) is 4.39 Å². The Kier molecular flexibility index (Phi) is 4.70. The number of nitrogen functional groups attached to an aromatic ring is 1. The van der Waals surface area contributed by atoms with E-state index in [0.29, 0.717) is 17.6 Å². The number of ether oxygens (including phenoxy) is 1. The van der Waals surface area contributed by atoms with E-state index in [2.05, 4.69) is 24.1 Å². The number of hydrogen-bond donors (Lipinski definition) is 2. The zero-order valence-corrected chi connectivity index (χ0v) is 12.4. The number of nitrogens with two attached hydrogens (primary N) is 1. The summed E-state index contributed by atoms with van der Waals surface area (Å²) >= 11 is 0. The summed E-state index contributed by atoms with van der Waals surface area (Å²) in [5, 5.41) is 3.32. The number of nitrogens with one attached hydrogen (secondary N) is 1. The summed E-state index contributed by atoms with van der Waals surface area (Å²) in [6.45, 7) is 7.54. The van der Waals surface area contributed by atoms with Crippen LogP contribution in [0.25, 0.3) is 0 Å². The Morgan fingerprint density at radius 1 is 1.50 bits per heavy atom. The molecule has 112 valence electrons. The minimum absolute atomic E-state index is 0.219. The fourth-order valence-electron chi connectivity index (χ4n) is 2.63. The second-order valence-electron chi connectivity index (χ2n) is 5.70. The largest absolute Gasteiger partial charge is 0.494 e. The number of hydrogen-bond acceptors (Lipinski definition) is 4. The van der Waals surface area contributed by atoms with Crippen LogP contribution in [-0.4, -0.2) is 37.7 Å². The van der Waals surface area contributed by atoms with Gasteiger partial charge in [-0.2, -0.15) is 0 Å². The molecule has 1 saturated heterocycles. The van der Waals surface area contributed by atoms with E-state index in [0.717, 1.165) is 25.3 Å². The van der Waals surface area contributed by atoms with E-state index in [1.165, 1.54) is 19.6 Å². The summed E-state index contributed by atoms with van der Waals surface area (Å²) in [7, 11) is 1.45. The lowest BCUT2D eigenvalue weighted by atomic mass is 10.1. The first-order chi connectivity index (χ1) is 9.51. The monoisotopic (exact) mass is 281 g/mol. The topological polar surface area (TPSA) is 50.5 Å². The molecule has 0 spiro atoms. The maximum atomic E-state index is 13.5. The second kappa shape index (κ2) is 6.31. The Morgan fingerprint density at radius 3 is 2.85 bits per heavy atom. The SMILES string of the molecule is COc1cc(NCC2CCN(C(C)C)C2)c(N)cc1F. The lowest BCUT2D eigenvalue weighted by Crippen LogP contribution is -2.29. The van der Waals surface area contributed by atoms with Crippen molar-refractivity contribution in [1.29, 1.82) is 0 Å². The zero-order valence-electron chi connectivity index (χ0n) is 12.4. The highest BCUT2D eigenvalue weighted by Gasteiger charge is 2.24. The standard InChI is InChI=1S/C15H24FN3O/c1-10(2)19-5-4-11(9-19)8-18-14-7-15(20-3)12(16)6-13(14)17/h6-7,10-11,18H,4-5,8-9,17H2,1-3H3. The molecule has 0 saturated carbocycles. The fourth-order valence-corrected chi connectivity index (χ4v) is 2.63. The molecule has 0 bridgehead atoms. The third kappa shape index (κ3) is 3.33. The Bertz CT molecular complexity index is 465. The van der Waals surface area contributed by atoms with E-state index in [-0.39, 0.29) is 5.75 Å². The Labute approximate surface area is 120 Å². The number of anilines is 2. The highest BCUT2D eigenvalue weighted by Crippen LogP contribution is 2.28. The third-order valence-electron chi connectivity index (χ3n) is 3.95. The molecule has 20 heavy (non-hydrogen) atoms. The summed E-state index contributed by atoms with van der Waals surface area (Å²) in [4.78, 5) is 2.47. The summed E-state index contributed by atoms with van der Waals surface area (Å²) < 4.78 is 18.5. The molecule has 3 N–H and O–H groups in total. The average molecular weight is 281 g/mol. The third-order valence-corrected chi connectivity index (χ3v) is 3.95. The van der Waals surface area contributed by atoms with Gasteiger partial charge in [-0.05, 0) is 32.7 Å². The number of benzene rings is 1. The lowest BCUT2D eigenvalue weighted by molar-refractivity contribution is 0.266. The van der Waals surface area contributed by atoms with Gasteiger partial charge < -0.3 is 20.7 Å². The highest BCUT2D eigenvalue weighted by molar-refractivity contribution is 5.68. The summed E-state index contributed by atoms with van der Waals surface area (Å²) in [5.74, 6) is 0.396. The van der Waals surface area contributed by atoms with Gasteiger partial charge in [0.2, 0.25) is 0 Å². The van der Waals surface area contributed by atoms with Gasteiger partial charge in [-0.3, -0.25) is 0 Å². The van der Waals surface area contributed by atoms with E-state index in [1.807, 2.05) is 0 Å². The minimum Gasteiger partial charge on any atom is -0.494 e. The number of methoxy groups -OCH3 is 1. The second-order valence-corrected chi connectivity index (χ2v) is 5.70. The van der Waals surface area contributed by atoms with Crippen LogP contribution in [0, 0.1) is 11.7 Å². The Morgan fingerprint density at radius 2 is 2.25 bits per heavy atom. The van der Waals surface area contributed by atoms with E-state index in [9.17, 15) is 4.39 Å². The molecule has 1 fully saturated rings. The van der Waals surface area contributed by atoms with Crippen LogP contribution in [0.4, 0.5) is 15.8 Å². The molecule has 2 rings (SSSR count). The van der Waals surface area contributed by atoms with Crippen molar-refractivity contribution >= 4 is 11.4 Å². The van der Waals surface area contributed by atoms with Gasteiger partial charge in [0.25, 0.3) is 0 Å². The lowest BCUT2D eigenvalue weighted by Gasteiger charge is -2.20. The number of rotatable bonds is 5. The normalized spacial score (nSPS) is 19.6. The Hall–Kier alpha value is -1.49. The van der Waals surface area contributed by atoms with E-state index >= 15 is 0 Å². The molecule has 4 nitrogen and oxygen atoms in total. The first-order valence-corrected chi connectivity index (χ1v) is 7.12. The van der Waals surface area contributed by atoms with Crippen LogP contribution in [0.15, 0.2) is 12.1 Å². The van der Waals surface area contributed by atoms with Gasteiger partial charge in [0.05, 0.1) is 18.5 Å². The molecule has 1 aliphatic rings. The molecule has 1 unspecified atom stereocenters. The number of nitrogens with zero attached hydrogens (tertiary/aromatic N) is 1. The van der Waals surface area contributed by atoms with Crippen LogP contribution in [0.3, 0.4) is 0 Å². The summed E-state index contributed by atoms with van der Waals surface area (Å²) in [6, 6.07) is 3.52. The summed E-state index contributed by atoms with van der Waals surface area (Å²) in [6.07, 6.45) is 1.18. The first-order valence-electron chi connectivity index (χ1n) is 7.12. The van der Waals surface area contributed by atoms with Crippen molar-refractivity contribution in [3.8, 4) is 5.75 Å². The van der Waals surface area contributed by atoms with Gasteiger partial charge in [-0.15, -0.1) is 0 Å². The molecule has 0 amide bonds. The van der Waals surface area contributed by atoms with Gasteiger partial charge in [-0.1, -0.05) is 0 Å². The van der Waals surface area contributed by atoms with Crippen molar-refractivity contribution in [2.24, 2.45) is 5.92 Å². The molecule has 1 aromatic rings. The van der Waals surface area contributed by atoms with Gasteiger partial charge in [0, 0.05) is 31.3 Å². The number of halogens is 1. The quantitative estimate of drug-likeness (QED) is 0.814. The zero-order chi connectivity index (χ0) is 14.7. The van der Waals surface area contributed by atoms with Crippen molar-refractivity contribution in [2.75, 3.05) is 37.8 Å². The molecule has 0 aliphatic carbocycles. The van der Waals surface area contributed by atoms with Crippen LogP contribution in [-0.2, 0) is 0 Å². The predicted octanol–water partition coefficient (Wildman–Crippen LogP) is 2.56. The Balaban J connectivity index is 1.95. The van der Waals surface area contributed by atoms with Crippen LogP contribution in [0.1, 0.15) is 20.3 Å². The van der Waals surface area contributed by atoms with Gasteiger partial charge in [0.15, 0.2) is 11.6 Å². The highest BCUT2D eigenvalue weighted by atomic mass is 19.1. The van der Waals surface area contributed by atoms with Crippen molar-refractivity contribution in [2.45, 2.75) is 26.3 Å². The van der Waals surface area contributed by atoms with E-state index in [4.69, 9.17) is 10.5 Å². The van der Waals surface area contributed by atoms with Crippen molar-refractivity contribution in [1.82, 2.24) is 4.90 Å². The van der Waals surface area contributed by atoms with Gasteiger partial charge >= 0.3 is 0 Å². The van der Waals surface area contributed by atoms with Gasteiger partial charge in [0.1, 0.15) is 0 Å². The van der Waals surface area contributed by atoms with Crippen LogP contribution >= 0.6 is 0 Å². The first kappa shape index (κ1) is 14.9. The predicted molar refractivity (Wildman–Crippen MR) is 80.7 cm³/mol. The van der Waals surface area contributed by atoms with Crippen molar-refractivity contribution in [3.05, 3.63) is 17.9 Å². The minimum atomic E-state index is -0.428. The van der Waals surface area contributed by atoms with Crippen LogP contribution < -0.4 is 15.8 Å². The molecule has 1 aliphatic heterocycles. The molecule has 0 radical (unpaired) electrons. The van der Waals surface area contributed by atoms with Crippen molar-refractivity contribution < 1.29 is 9.13 Å². The molecule has 1 heterocycles. The maximum Gasteiger partial charge on any atom is 0.167 e. The average Bonchev–Trinajstić information content (AvgIpc) is 2.87. The summed E-state index contributed by atoms with van der Waals surface area (Å²) in [5.41, 5.74) is 7.00. The fraction of sp³-hybridized carbons (Fsp3) is 0.600. The van der Waals surface area contributed by atoms with Crippen LogP contribution in [0.5, 0.6) is 5.75 Å². The molecular formula is C15H24FN3O. The smallest absolute Gasteiger partial charge is 0.167 e.